The van der Waals surface area contributed by atoms with E-state index in [-0.39, 0.29) is 23.3 Å². The van der Waals surface area contributed by atoms with Gasteiger partial charge in [-0.15, -0.1) is 0 Å². The number of halogens is 1. The Bertz CT molecular complexity index is 1340. The minimum absolute atomic E-state index is 0.0536. The number of likely N-dealkylation sites (N-methyl/N-ethyl adjacent to an activating group) is 1. The van der Waals surface area contributed by atoms with E-state index >= 15 is 4.39 Å². The van der Waals surface area contributed by atoms with Gasteiger partial charge < -0.3 is 15.5 Å². The molecule has 0 aliphatic carbocycles. The summed E-state index contributed by atoms with van der Waals surface area (Å²) in [6.07, 6.45) is 2.84. The molecule has 2 aliphatic heterocycles. The Morgan fingerprint density at radius 2 is 1.86 bits per heavy atom. The maximum absolute atomic E-state index is 15.0. The molecule has 0 unspecified atom stereocenters. The van der Waals surface area contributed by atoms with Crippen LogP contribution in [-0.2, 0) is 0 Å². The molecule has 0 spiro atoms. The molecule has 0 saturated carbocycles. The van der Waals surface area contributed by atoms with Crippen LogP contribution in [0.3, 0.4) is 0 Å². The second-order valence-corrected chi connectivity index (χ2v) is 8.98. The Morgan fingerprint density at radius 3 is 2.57 bits per heavy atom. The molecular formula is C26H26FN7O. The molecule has 1 aromatic heterocycles. The van der Waals surface area contributed by atoms with Gasteiger partial charge in [-0.25, -0.2) is 14.4 Å². The van der Waals surface area contributed by atoms with Gasteiger partial charge in [-0.3, -0.25) is 4.79 Å². The smallest absolute Gasteiger partial charge is 0.256 e. The predicted molar refractivity (Wildman–Crippen MR) is 134 cm³/mol. The highest BCUT2D eigenvalue weighted by molar-refractivity contribution is 6.20. The SMILES string of the molecule is CN(C)[C@@H]1CCN(C(=O)c2ccc(-c3cnc(N)c(C4=NN=C(c5ccccc5)C4)n3)cc2F)C1. The summed E-state index contributed by atoms with van der Waals surface area (Å²) in [5.41, 5.74) is 9.91. The molecule has 35 heavy (non-hydrogen) atoms. The first-order chi connectivity index (χ1) is 16.9. The number of nitrogen functional groups attached to an aromatic ring is 1. The Balaban J connectivity index is 1.35. The van der Waals surface area contributed by atoms with E-state index in [4.69, 9.17) is 5.73 Å². The first-order valence-corrected chi connectivity index (χ1v) is 11.5. The number of likely N-dealkylation sites (tertiary alicyclic amines) is 1. The Morgan fingerprint density at radius 1 is 1.09 bits per heavy atom. The summed E-state index contributed by atoms with van der Waals surface area (Å²) in [5.74, 6) is -0.656. The quantitative estimate of drug-likeness (QED) is 0.616. The lowest BCUT2D eigenvalue weighted by Gasteiger charge is -2.20. The van der Waals surface area contributed by atoms with Crippen LogP contribution in [-0.4, -0.2) is 70.3 Å². The largest absolute Gasteiger partial charge is 0.382 e. The standard InChI is InChI=1S/C26H26FN7O/c1-33(2)18-10-11-34(15-18)26(35)19-9-8-17(12-20(19)27)23-14-29-25(28)24(30-23)22-13-21(31-32-22)16-6-4-3-5-7-16/h3-9,12,14,18H,10-11,13,15H2,1-2H3,(H2,28,29)/t18-/m1/s1. The fourth-order valence-corrected chi connectivity index (χ4v) is 4.39. The highest BCUT2D eigenvalue weighted by atomic mass is 19.1. The normalized spacial score (nSPS) is 17.6. The van der Waals surface area contributed by atoms with E-state index in [1.807, 2.05) is 44.4 Å². The van der Waals surface area contributed by atoms with Crippen molar-refractivity contribution in [3.63, 3.8) is 0 Å². The molecule has 5 rings (SSSR count). The topological polar surface area (TPSA) is 100 Å². The van der Waals surface area contributed by atoms with Gasteiger partial charge in [0.2, 0.25) is 0 Å². The summed E-state index contributed by atoms with van der Waals surface area (Å²) >= 11 is 0. The monoisotopic (exact) mass is 471 g/mol. The summed E-state index contributed by atoms with van der Waals surface area (Å²) in [6, 6.07) is 14.6. The molecule has 2 aromatic carbocycles. The number of amides is 1. The average Bonchev–Trinajstić information content (AvgIpc) is 3.55. The Hall–Kier alpha value is -3.98. The molecule has 3 heterocycles. The highest BCUT2D eigenvalue weighted by Crippen LogP contribution is 2.25. The fraction of sp³-hybridized carbons (Fsp3) is 0.269. The third-order valence-electron chi connectivity index (χ3n) is 6.48. The summed E-state index contributed by atoms with van der Waals surface area (Å²) in [6.45, 7) is 1.21. The van der Waals surface area contributed by atoms with Crippen molar-refractivity contribution in [3.05, 3.63) is 77.4 Å². The van der Waals surface area contributed by atoms with Gasteiger partial charge in [0, 0.05) is 31.1 Å². The maximum Gasteiger partial charge on any atom is 0.256 e. The van der Waals surface area contributed by atoms with Crippen LogP contribution in [0.15, 0.2) is 64.9 Å². The van der Waals surface area contributed by atoms with E-state index in [0.717, 1.165) is 17.7 Å². The fourth-order valence-electron chi connectivity index (χ4n) is 4.39. The molecule has 2 aliphatic rings. The highest BCUT2D eigenvalue weighted by Gasteiger charge is 2.29. The molecule has 1 fully saturated rings. The number of aromatic nitrogens is 2. The van der Waals surface area contributed by atoms with Gasteiger partial charge >= 0.3 is 0 Å². The summed E-state index contributed by atoms with van der Waals surface area (Å²) in [4.78, 5) is 25.6. The minimum Gasteiger partial charge on any atom is -0.382 e. The molecule has 178 valence electrons. The third kappa shape index (κ3) is 4.54. The number of hydrogen-bond acceptors (Lipinski definition) is 7. The number of anilines is 1. The number of carbonyl (C=O) groups is 1. The maximum atomic E-state index is 15.0. The zero-order valence-corrected chi connectivity index (χ0v) is 19.6. The molecule has 9 heteroatoms. The van der Waals surface area contributed by atoms with Crippen LogP contribution in [0.2, 0.25) is 0 Å². The summed E-state index contributed by atoms with van der Waals surface area (Å²) < 4.78 is 15.0. The Kier molecular flexibility index (Phi) is 6.08. The molecule has 1 saturated heterocycles. The van der Waals surface area contributed by atoms with Gasteiger partial charge in [-0.1, -0.05) is 36.4 Å². The van der Waals surface area contributed by atoms with Crippen LogP contribution in [0, 0.1) is 5.82 Å². The van der Waals surface area contributed by atoms with Gasteiger partial charge in [0.25, 0.3) is 5.91 Å². The molecule has 2 N–H and O–H groups in total. The first kappa shape index (κ1) is 22.8. The first-order valence-electron chi connectivity index (χ1n) is 11.5. The summed E-state index contributed by atoms with van der Waals surface area (Å²) in [7, 11) is 3.98. The predicted octanol–water partition coefficient (Wildman–Crippen LogP) is 3.24. The molecule has 0 bridgehead atoms. The number of nitrogens with two attached hydrogens (primary N) is 1. The van der Waals surface area contributed by atoms with Crippen molar-refractivity contribution >= 4 is 23.1 Å². The van der Waals surface area contributed by atoms with Crippen molar-refractivity contribution in [1.82, 2.24) is 19.8 Å². The second kappa shape index (κ2) is 9.34. The van der Waals surface area contributed by atoms with Crippen LogP contribution in [0.4, 0.5) is 10.2 Å². The number of rotatable bonds is 5. The summed E-state index contributed by atoms with van der Waals surface area (Å²) in [5, 5.41) is 8.55. The average molecular weight is 472 g/mol. The van der Waals surface area contributed by atoms with Crippen molar-refractivity contribution in [3.8, 4) is 11.3 Å². The molecule has 1 amide bonds. The number of benzene rings is 2. The van der Waals surface area contributed by atoms with Crippen LogP contribution in [0.1, 0.15) is 34.5 Å². The number of hydrogen-bond donors (Lipinski definition) is 1. The molecule has 1 atom stereocenters. The van der Waals surface area contributed by atoms with Crippen molar-refractivity contribution in [1.29, 1.82) is 0 Å². The molecule has 8 nitrogen and oxygen atoms in total. The lowest BCUT2D eigenvalue weighted by Crippen LogP contribution is -2.34. The van der Waals surface area contributed by atoms with Gasteiger partial charge in [0.1, 0.15) is 11.5 Å². The zero-order valence-electron chi connectivity index (χ0n) is 19.6. The molecular weight excluding hydrogens is 445 g/mol. The Labute approximate surface area is 203 Å². The zero-order chi connectivity index (χ0) is 24.5. The van der Waals surface area contributed by atoms with Crippen LogP contribution >= 0.6 is 0 Å². The van der Waals surface area contributed by atoms with E-state index in [0.29, 0.717) is 42.2 Å². The minimum atomic E-state index is -0.589. The van der Waals surface area contributed by atoms with Crippen LogP contribution < -0.4 is 5.73 Å². The van der Waals surface area contributed by atoms with Crippen molar-refractivity contribution in [2.75, 3.05) is 32.9 Å². The van der Waals surface area contributed by atoms with Crippen molar-refractivity contribution in [2.45, 2.75) is 18.9 Å². The lowest BCUT2D eigenvalue weighted by atomic mass is 10.0. The third-order valence-corrected chi connectivity index (χ3v) is 6.48. The molecule has 3 aromatic rings. The second-order valence-electron chi connectivity index (χ2n) is 8.98. The number of carbonyl (C=O) groups excluding carboxylic acids is 1. The van der Waals surface area contributed by atoms with Gasteiger partial charge in [0.15, 0.2) is 5.82 Å². The van der Waals surface area contributed by atoms with Gasteiger partial charge in [-0.2, -0.15) is 10.2 Å². The van der Waals surface area contributed by atoms with E-state index in [9.17, 15) is 4.79 Å². The lowest BCUT2D eigenvalue weighted by molar-refractivity contribution is 0.0778. The molecule has 0 radical (unpaired) electrons. The van der Waals surface area contributed by atoms with E-state index in [1.165, 1.54) is 18.3 Å². The van der Waals surface area contributed by atoms with E-state index in [2.05, 4.69) is 25.1 Å². The van der Waals surface area contributed by atoms with Gasteiger partial charge in [-0.05, 0) is 38.2 Å². The van der Waals surface area contributed by atoms with Crippen LogP contribution in [0.5, 0.6) is 0 Å². The number of nitrogens with zero attached hydrogens (tertiary/aromatic N) is 6. The van der Waals surface area contributed by atoms with E-state index < -0.39 is 5.82 Å². The van der Waals surface area contributed by atoms with Crippen LogP contribution in [0.25, 0.3) is 11.3 Å². The van der Waals surface area contributed by atoms with Crippen molar-refractivity contribution in [2.24, 2.45) is 10.2 Å². The van der Waals surface area contributed by atoms with Crippen molar-refractivity contribution < 1.29 is 9.18 Å². The van der Waals surface area contributed by atoms with E-state index in [1.54, 1.807) is 11.0 Å². The van der Waals surface area contributed by atoms with Gasteiger partial charge in [0.05, 0.1) is 28.9 Å².